The molecule has 21 heavy (non-hydrogen) atoms. The highest BCUT2D eigenvalue weighted by Gasteiger charge is 2.29. The van der Waals surface area contributed by atoms with E-state index in [9.17, 15) is 9.59 Å². The summed E-state index contributed by atoms with van der Waals surface area (Å²) in [5.74, 6) is 0.428. The Kier molecular flexibility index (Phi) is 5.12. The lowest BCUT2D eigenvalue weighted by Gasteiger charge is -2.34. The summed E-state index contributed by atoms with van der Waals surface area (Å²) in [6.45, 7) is 6.94. The molecule has 0 spiro atoms. The molecule has 2 fully saturated rings. The Morgan fingerprint density at radius 1 is 1.05 bits per heavy atom. The van der Waals surface area contributed by atoms with Crippen molar-refractivity contribution in [3.05, 3.63) is 0 Å². The minimum atomic E-state index is -0.454. The molecule has 5 heteroatoms. The molecular weight excluding hydrogens is 268 g/mol. The summed E-state index contributed by atoms with van der Waals surface area (Å²) in [6.07, 6.45) is 5.80. The Morgan fingerprint density at radius 2 is 1.62 bits per heavy atom. The highest BCUT2D eigenvalue weighted by Crippen LogP contribution is 2.25. The molecule has 120 valence electrons. The van der Waals surface area contributed by atoms with Crippen molar-refractivity contribution in [1.82, 2.24) is 10.2 Å². The van der Waals surface area contributed by atoms with Crippen LogP contribution in [0, 0.1) is 5.92 Å². The van der Waals surface area contributed by atoms with Crippen LogP contribution in [0.5, 0.6) is 0 Å². The topological polar surface area (TPSA) is 58.6 Å². The maximum atomic E-state index is 12.1. The molecular formula is C16H28N2O3. The van der Waals surface area contributed by atoms with Gasteiger partial charge in [0.2, 0.25) is 5.91 Å². The number of rotatable bonds is 2. The van der Waals surface area contributed by atoms with Crippen molar-refractivity contribution >= 4 is 12.0 Å². The van der Waals surface area contributed by atoms with Gasteiger partial charge in [0.1, 0.15) is 5.60 Å². The van der Waals surface area contributed by atoms with Crippen LogP contribution in [-0.4, -0.2) is 41.6 Å². The van der Waals surface area contributed by atoms with Crippen LogP contribution < -0.4 is 5.32 Å². The van der Waals surface area contributed by atoms with Crippen LogP contribution in [0.4, 0.5) is 4.79 Å². The quantitative estimate of drug-likeness (QED) is 0.852. The second-order valence-electron chi connectivity index (χ2n) is 7.23. The number of carbonyl (C=O) groups is 2. The summed E-state index contributed by atoms with van der Waals surface area (Å²) in [7, 11) is 0. The Balaban J connectivity index is 1.72. The van der Waals surface area contributed by atoms with Gasteiger partial charge in [-0.2, -0.15) is 0 Å². The number of hydrogen-bond acceptors (Lipinski definition) is 3. The van der Waals surface area contributed by atoms with Gasteiger partial charge in [-0.05, 0) is 46.5 Å². The number of nitrogens with zero attached hydrogens (tertiary/aromatic N) is 1. The number of carbonyl (C=O) groups excluding carboxylic acids is 2. The third kappa shape index (κ3) is 4.90. The summed E-state index contributed by atoms with van der Waals surface area (Å²) in [6, 6.07) is 0.205. The first-order valence-corrected chi connectivity index (χ1v) is 8.13. The first kappa shape index (κ1) is 16.1. The SMILES string of the molecule is CC(C)(C)OC(=O)N1CCC(NC(=O)C2CCCC2)CC1. The van der Waals surface area contributed by atoms with E-state index >= 15 is 0 Å². The Bertz CT molecular complexity index is 375. The lowest BCUT2D eigenvalue weighted by molar-refractivity contribution is -0.125. The molecule has 1 heterocycles. The zero-order chi connectivity index (χ0) is 15.5. The summed E-state index contributed by atoms with van der Waals surface area (Å²) >= 11 is 0. The van der Waals surface area contributed by atoms with E-state index in [1.165, 1.54) is 12.8 Å². The van der Waals surface area contributed by atoms with E-state index < -0.39 is 5.60 Å². The lowest BCUT2D eigenvalue weighted by Crippen LogP contribution is -2.48. The molecule has 1 aliphatic heterocycles. The largest absolute Gasteiger partial charge is 0.444 e. The average molecular weight is 296 g/mol. The van der Waals surface area contributed by atoms with E-state index in [1.54, 1.807) is 4.90 Å². The minimum absolute atomic E-state index is 0.205. The van der Waals surface area contributed by atoms with Gasteiger partial charge in [-0.1, -0.05) is 12.8 Å². The van der Waals surface area contributed by atoms with E-state index in [-0.39, 0.29) is 24.0 Å². The van der Waals surface area contributed by atoms with Gasteiger partial charge in [0.05, 0.1) is 0 Å². The number of piperidine rings is 1. The van der Waals surface area contributed by atoms with Crippen LogP contribution in [0.15, 0.2) is 0 Å². The fraction of sp³-hybridized carbons (Fsp3) is 0.875. The third-order valence-electron chi connectivity index (χ3n) is 4.22. The summed E-state index contributed by atoms with van der Waals surface area (Å²) in [5, 5.41) is 3.15. The number of ether oxygens (including phenoxy) is 1. The molecule has 2 rings (SSSR count). The third-order valence-corrected chi connectivity index (χ3v) is 4.22. The minimum Gasteiger partial charge on any atom is -0.444 e. The molecule has 2 aliphatic rings. The Labute approximate surface area is 127 Å². The second-order valence-corrected chi connectivity index (χ2v) is 7.23. The highest BCUT2D eigenvalue weighted by molar-refractivity contribution is 5.79. The summed E-state index contributed by atoms with van der Waals surface area (Å²) in [4.78, 5) is 25.8. The molecule has 2 amide bonds. The van der Waals surface area contributed by atoms with E-state index in [2.05, 4.69) is 5.32 Å². The van der Waals surface area contributed by atoms with E-state index in [4.69, 9.17) is 4.74 Å². The zero-order valence-corrected chi connectivity index (χ0v) is 13.5. The Morgan fingerprint density at radius 3 is 2.14 bits per heavy atom. The second kappa shape index (κ2) is 6.67. The zero-order valence-electron chi connectivity index (χ0n) is 13.5. The fourth-order valence-electron chi connectivity index (χ4n) is 3.04. The van der Waals surface area contributed by atoms with Crippen molar-refractivity contribution in [1.29, 1.82) is 0 Å². The number of nitrogens with one attached hydrogen (secondary N) is 1. The van der Waals surface area contributed by atoms with Crippen LogP contribution in [0.3, 0.4) is 0 Å². The van der Waals surface area contributed by atoms with Crippen molar-refractivity contribution in [2.75, 3.05) is 13.1 Å². The maximum Gasteiger partial charge on any atom is 0.410 e. The fourth-order valence-corrected chi connectivity index (χ4v) is 3.04. The van der Waals surface area contributed by atoms with Crippen molar-refractivity contribution < 1.29 is 14.3 Å². The van der Waals surface area contributed by atoms with Gasteiger partial charge in [-0.3, -0.25) is 4.79 Å². The predicted octanol–water partition coefficient (Wildman–Crippen LogP) is 2.69. The molecule has 0 bridgehead atoms. The monoisotopic (exact) mass is 296 g/mol. The standard InChI is InChI=1S/C16H28N2O3/c1-16(2,3)21-15(20)18-10-8-13(9-11-18)17-14(19)12-6-4-5-7-12/h12-13H,4-11H2,1-3H3,(H,17,19). The Hall–Kier alpha value is -1.26. The molecule has 0 unspecified atom stereocenters. The van der Waals surface area contributed by atoms with Crippen LogP contribution in [0.25, 0.3) is 0 Å². The summed E-state index contributed by atoms with van der Waals surface area (Å²) in [5.41, 5.74) is -0.454. The van der Waals surface area contributed by atoms with Gasteiger partial charge in [0, 0.05) is 25.0 Å². The molecule has 0 aromatic rings. The van der Waals surface area contributed by atoms with Gasteiger partial charge in [-0.15, -0.1) is 0 Å². The van der Waals surface area contributed by atoms with Crippen LogP contribution in [-0.2, 0) is 9.53 Å². The lowest BCUT2D eigenvalue weighted by atomic mass is 10.0. The highest BCUT2D eigenvalue weighted by atomic mass is 16.6. The van der Waals surface area contributed by atoms with Crippen molar-refractivity contribution in [2.45, 2.75) is 70.9 Å². The van der Waals surface area contributed by atoms with Gasteiger partial charge in [-0.25, -0.2) is 4.79 Å². The first-order valence-electron chi connectivity index (χ1n) is 8.13. The summed E-state index contributed by atoms with van der Waals surface area (Å²) < 4.78 is 5.37. The van der Waals surface area contributed by atoms with Gasteiger partial charge in [0.25, 0.3) is 0 Å². The molecule has 0 aromatic carbocycles. The normalized spacial score (nSPS) is 21.4. The van der Waals surface area contributed by atoms with E-state index in [0.717, 1.165) is 25.7 Å². The van der Waals surface area contributed by atoms with Crippen LogP contribution in [0.2, 0.25) is 0 Å². The van der Waals surface area contributed by atoms with Gasteiger partial charge >= 0.3 is 6.09 Å². The van der Waals surface area contributed by atoms with E-state index in [0.29, 0.717) is 13.1 Å². The molecule has 1 saturated carbocycles. The molecule has 0 atom stereocenters. The van der Waals surface area contributed by atoms with Crippen molar-refractivity contribution in [2.24, 2.45) is 5.92 Å². The van der Waals surface area contributed by atoms with E-state index in [1.807, 2.05) is 20.8 Å². The molecule has 1 N–H and O–H groups in total. The molecule has 0 radical (unpaired) electrons. The number of amides is 2. The van der Waals surface area contributed by atoms with Crippen LogP contribution in [0.1, 0.15) is 59.3 Å². The van der Waals surface area contributed by atoms with Gasteiger partial charge in [0.15, 0.2) is 0 Å². The van der Waals surface area contributed by atoms with Gasteiger partial charge < -0.3 is 15.0 Å². The van der Waals surface area contributed by atoms with Crippen molar-refractivity contribution in [3.63, 3.8) is 0 Å². The first-order chi connectivity index (χ1) is 9.85. The van der Waals surface area contributed by atoms with Crippen LogP contribution >= 0.6 is 0 Å². The van der Waals surface area contributed by atoms with Crippen molar-refractivity contribution in [3.8, 4) is 0 Å². The molecule has 1 aliphatic carbocycles. The number of hydrogen-bond donors (Lipinski definition) is 1. The maximum absolute atomic E-state index is 12.1. The number of likely N-dealkylation sites (tertiary alicyclic amines) is 1. The molecule has 0 aromatic heterocycles. The predicted molar refractivity (Wildman–Crippen MR) is 80.9 cm³/mol. The molecule has 1 saturated heterocycles. The smallest absolute Gasteiger partial charge is 0.410 e. The molecule has 5 nitrogen and oxygen atoms in total. The average Bonchev–Trinajstić information content (AvgIpc) is 2.91.